The van der Waals surface area contributed by atoms with Crippen LogP contribution in [-0.4, -0.2) is 72.3 Å². The Bertz CT molecular complexity index is 703. The standard InChI is InChI=1S/C13H18F3N2O5.C7H7.V/c1-12(2,3)23-11(21)18-6-4-17(5-7-18)10(20)22-9(8-19)13(14,15)16;1-7-5-3-2-4-6-7;/h9H,4-7H2,1-3H3;2-6H,1H2;/q2*-1;+2. The molecule has 1 aliphatic rings. The quantitative estimate of drug-likeness (QED) is 0.604. The average molecular weight is 481 g/mol. The third kappa shape index (κ3) is 11.0. The smallest absolute Gasteiger partial charge is 0.538 e. The van der Waals surface area contributed by atoms with Crippen LogP contribution in [-0.2, 0) is 32.8 Å². The zero-order valence-corrected chi connectivity index (χ0v) is 18.9. The molecule has 11 heteroatoms. The maximum Gasteiger partial charge on any atom is 2.00 e. The molecule has 1 atom stereocenters. The molecule has 31 heavy (non-hydrogen) atoms. The van der Waals surface area contributed by atoms with Crippen molar-refractivity contribution in [2.45, 2.75) is 38.7 Å². The average Bonchev–Trinajstić information content (AvgIpc) is 2.65. The molecular formula is C20H25F3N2O5V. The molecule has 7 nitrogen and oxygen atoms in total. The molecule has 1 aromatic rings. The number of piperazine rings is 1. The van der Waals surface area contributed by atoms with E-state index in [2.05, 4.69) is 11.7 Å². The molecule has 1 saturated heterocycles. The number of ether oxygens (including phenoxy) is 2. The van der Waals surface area contributed by atoms with Crippen LogP contribution >= 0.6 is 0 Å². The maximum atomic E-state index is 12.3. The number of rotatable bonds is 2. The van der Waals surface area contributed by atoms with Gasteiger partial charge in [-0.25, -0.2) is 15.9 Å². The summed E-state index contributed by atoms with van der Waals surface area (Å²) in [4.78, 5) is 36.0. The van der Waals surface area contributed by atoms with Gasteiger partial charge in [0.15, 0.2) is 0 Å². The van der Waals surface area contributed by atoms with Crippen molar-refractivity contribution in [1.82, 2.24) is 9.80 Å². The molecule has 0 bridgehead atoms. The van der Waals surface area contributed by atoms with Crippen LogP contribution in [0.1, 0.15) is 26.3 Å². The van der Waals surface area contributed by atoms with Crippen LogP contribution in [0.4, 0.5) is 22.8 Å². The summed E-state index contributed by atoms with van der Waals surface area (Å²) >= 11 is 0. The number of alkyl halides is 3. The van der Waals surface area contributed by atoms with E-state index in [9.17, 15) is 27.6 Å². The second-order valence-corrected chi connectivity index (χ2v) is 7.36. The molecular weight excluding hydrogens is 456 g/mol. The molecule has 0 spiro atoms. The molecule has 2 rings (SSSR count). The van der Waals surface area contributed by atoms with E-state index in [0.29, 0.717) is 6.29 Å². The molecule has 2 amide bonds. The van der Waals surface area contributed by atoms with Gasteiger partial charge in [-0.1, -0.05) is 6.07 Å². The summed E-state index contributed by atoms with van der Waals surface area (Å²) in [5.74, 6) is 0. The molecule has 1 heterocycles. The normalized spacial score (nSPS) is 14.9. The molecule has 1 radical (unpaired) electrons. The zero-order chi connectivity index (χ0) is 22.9. The molecule has 1 aromatic carbocycles. The van der Waals surface area contributed by atoms with Gasteiger partial charge in [-0.2, -0.15) is 37.8 Å². The molecule has 1 fully saturated rings. The maximum absolute atomic E-state index is 12.3. The Hall–Kier alpha value is -2.33. The van der Waals surface area contributed by atoms with Gasteiger partial charge in [-0.3, -0.25) is 0 Å². The number of carbonyl (C=O) groups is 2. The van der Waals surface area contributed by atoms with Crippen molar-refractivity contribution in [3.05, 3.63) is 42.8 Å². The summed E-state index contributed by atoms with van der Waals surface area (Å²) in [6.45, 7) is 8.95. The van der Waals surface area contributed by atoms with Gasteiger partial charge >= 0.3 is 36.9 Å². The molecule has 0 aliphatic carbocycles. The zero-order valence-electron chi connectivity index (χ0n) is 17.5. The van der Waals surface area contributed by atoms with Crippen LogP contribution in [0, 0.1) is 6.92 Å². The molecule has 1 unspecified atom stereocenters. The van der Waals surface area contributed by atoms with E-state index in [1.165, 1.54) is 4.90 Å². The number of hydrogen-bond donors (Lipinski definition) is 0. The molecule has 0 aromatic heterocycles. The Morgan fingerprint density at radius 1 is 1.00 bits per heavy atom. The first kappa shape index (κ1) is 28.7. The Morgan fingerprint density at radius 3 is 1.77 bits per heavy atom. The van der Waals surface area contributed by atoms with E-state index >= 15 is 0 Å². The van der Waals surface area contributed by atoms with Crippen molar-refractivity contribution in [2.24, 2.45) is 0 Å². The summed E-state index contributed by atoms with van der Waals surface area (Å²) in [6.07, 6.45) is -9.13. The Kier molecular flexibility index (Phi) is 11.6. The van der Waals surface area contributed by atoms with Gasteiger partial charge in [0.25, 0.3) is 0 Å². The van der Waals surface area contributed by atoms with E-state index in [-0.39, 0.29) is 44.7 Å². The minimum Gasteiger partial charge on any atom is -0.538 e. The number of benzene rings is 1. The third-order valence-corrected chi connectivity index (χ3v) is 3.66. The summed E-state index contributed by atoms with van der Waals surface area (Å²) in [5, 5.41) is 0. The van der Waals surface area contributed by atoms with Gasteiger partial charge < -0.3 is 24.1 Å². The van der Waals surface area contributed by atoms with E-state index in [1.54, 1.807) is 20.8 Å². The molecule has 0 saturated carbocycles. The van der Waals surface area contributed by atoms with Crippen molar-refractivity contribution in [3.63, 3.8) is 0 Å². The van der Waals surface area contributed by atoms with Crippen LogP contribution < -0.4 is 0 Å². The fourth-order valence-corrected chi connectivity index (χ4v) is 2.21. The second-order valence-electron chi connectivity index (χ2n) is 7.36. The van der Waals surface area contributed by atoms with Gasteiger partial charge in [-0.15, -0.1) is 12.1 Å². The summed E-state index contributed by atoms with van der Waals surface area (Å²) in [7, 11) is 0. The Labute approximate surface area is 191 Å². The minimum atomic E-state index is -5.00. The van der Waals surface area contributed by atoms with E-state index in [0.717, 1.165) is 10.5 Å². The summed E-state index contributed by atoms with van der Waals surface area (Å²) in [5.41, 5.74) is 0.398. The summed E-state index contributed by atoms with van der Waals surface area (Å²) in [6, 6.07) is 9.87. The van der Waals surface area contributed by atoms with Crippen molar-refractivity contribution in [2.75, 3.05) is 26.2 Å². The molecule has 0 N–H and O–H groups in total. The van der Waals surface area contributed by atoms with Gasteiger partial charge in [0.2, 0.25) is 0 Å². The number of hydrogen-bond acceptors (Lipinski definition) is 5. The largest absolute Gasteiger partial charge is 2.00 e. The second kappa shape index (κ2) is 12.5. The SMILES string of the molecule is CC(C)(C)OC(=O)N1CCN(C(=O)OC([C-]=O)C(F)(F)F)CC1.[CH2-]c1ccccc1.[V+2]. The van der Waals surface area contributed by atoms with Gasteiger partial charge in [0.1, 0.15) is 11.7 Å². The molecule has 171 valence electrons. The van der Waals surface area contributed by atoms with Crippen LogP contribution in [0.15, 0.2) is 30.3 Å². The summed E-state index contributed by atoms with van der Waals surface area (Å²) < 4.78 is 46.3. The van der Waals surface area contributed by atoms with Crippen molar-refractivity contribution in [3.8, 4) is 0 Å². The van der Waals surface area contributed by atoms with Gasteiger partial charge in [0.05, 0.1) is 0 Å². The first-order valence-electron chi connectivity index (χ1n) is 9.08. The van der Waals surface area contributed by atoms with E-state index in [4.69, 9.17) is 4.74 Å². The fourth-order valence-electron chi connectivity index (χ4n) is 2.21. The van der Waals surface area contributed by atoms with E-state index in [1.807, 2.05) is 30.3 Å². The first-order chi connectivity index (χ1) is 13.8. The van der Waals surface area contributed by atoms with Gasteiger partial charge in [-0.05, 0) is 20.8 Å². The third-order valence-electron chi connectivity index (χ3n) is 3.66. The monoisotopic (exact) mass is 481 g/mol. The van der Waals surface area contributed by atoms with Crippen LogP contribution in [0.3, 0.4) is 0 Å². The van der Waals surface area contributed by atoms with Crippen LogP contribution in [0.25, 0.3) is 0 Å². The number of nitrogens with zero attached hydrogens (tertiary/aromatic N) is 2. The topological polar surface area (TPSA) is 76.2 Å². The minimum absolute atomic E-state index is 0. The van der Waals surface area contributed by atoms with Crippen LogP contribution in [0.5, 0.6) is 0 Å². The number of carbonyl (C=O) groups excluding carboxylic acids is 3. The fraction of sp³-hybridized carbons (Fsp3) is 0.500. The van der Waals surface area contributed by atoms with Crippen molar-refractivity contribution < 1.29 is 55.6 Å². The number of amides is 2. The predicted molar refractivity (Wildman–Crippen MR) is 102 cm³/mol. The first-order valence-corrected chi connectivity index (χ1v) is 9.08. The van der Waals surface area contributed by atoms with Crippen LogP contribution in [0.2, 0.25) is 0 Å². The van der Waals surface area contributed by atoms with Crippen molar-refractivity contribution >= 4 is 18.5 Å². The molecule has 1 aliphatic heterocycles. The van der Waals surface area contributed by atoms with Gasteiger partial charge in [0, 0.05) is 26.2 Å². The predicted octanol–water partition coefficient (Wildman–Crippen LogP) is 3.58. The Balaban J connectivity index is 0.000000950. The number of halogens is 3. The van der Waals surface area contributed by atoms with E-state index < -0.39 is 30.1 Å². The Morgan fingerprint density at radius 2 is 1.45 bits per heavy atom. The van der Waals surface area contributed by atoms with Crippen molar-refractivity contribution in [1.29, 1.82) is 0 Å².